The van der Waals surface area contributed by atoms with Gasteiger partial charge in [0.05, 0.1) is 6.61 Å². The van der Waals surface area contributed by atoms with Crippen LogP contribution in [0.25, 0.3) is 0 Å². The zero-order valence-corrected chi connectivity index (χ0v) is 31.3. The first kappa shape index (κ1) is 46.6. The summed E-state index contributed by atoms with van der Waals surface area (Å²) in [5, 5.41) is 49.8. The van der Waals surface area contributed by atoms with Crippen LogP contribution in [0.4, 0.5) is 0 Å². The number of allylic oxidation sites excluding steroid dienone is 2. The highest BCUT2D eigenvalue weighted by Gasteiger charge is 2.51. The molecule has 14 heteroatoms. The zero-order chi connectivity index (χ0) is 37.2. The monoisotopic (exact) mass is 738 g/mol. The lowest BCUT2D eigenvalue weighted by Crippen LogP contribution is -2.64. The minimum atomic E-state index is -5.10. The third kappa shape index (κ3) is 21.2. The Balaban J connectivity index is 2.51. The quantitative estimate of drug-likeness (QED) is 0.0231. The number of phosphoric ester groups is 1. The van der Waals surface area contributed by atoms with Crippen molar-refractivity contribution in [1.29, 1.82) is 0 Å². The van der Waals surface area contributed by atoms with Gasteiger partial charge in [0.15, 0.2) is 6.10 Å². The SMILES string of the molecule is CCCCCCC/C=C/CCCCCCCC(=O)OC[C@@H](COP(=O)(O)OC1C(O)C(O)C(O)[C@H](O)C1O)OC(=O)CCCCCCCCC. The fourth-order valence-corrected chi connectivity index (χ4v) is 6.66. The lowest BCUT2D eigenvalue weighted by atomic mass is 9.85. The second kappa shape index (κ2) is 28.1. The summed E-state index contributed by atoms with van der Waals surface area (Å²) in [6, 6.07) is 0. The molecule has 0 aromatic heterocycles. The number of rotatable bonds is 30. The maximum absolute atomic E-state index is 12.7. The number of carbonyl (C=O) groups is 2. The van der Waals surface area contributed by atoms with Gasteiger partial charge in [-0.25, -0.2) is 4.57 Å². The van der Waals surface area contributed by atoms with Gasteiger partial charge in [-0.1, -0.05) is 109 Å². The lowest BCUT2D eigenvalue weighted by molar-refractivity contribution is -0.220. The van der Waals surface area contributed by atoms with E-state index in [0.29, 0.717) is 12.8 Å². The largest absolute Gasteiger partial charge is 0.472 e. The minimum absolute atomic E-state index is 0.0961. The second-order valence-corrected chi connectivity index (χ2v) is 14.8. The molecule has 0 aromatic carbocycles. The first-order chi connectivity index (χ1) is 23.9. The summed E-state index contributed by atoms with van der Waals surface area (Å²) in [5.41, 5.74) is 0. The molecule has 1 aliphatic carbocycles. The maximum Gasteiger partial charge on any atom is 0.472 e. The molecule has 13 nitrogen and oxygen atoms in total. The predicted molar refractivity (Wildman–Crippen MR) is 189 cm³/mol. The first-order valence-corrected chi connectivity index (χ1v) is 20.5. The maximum atomic E-state index is 12.7. The molecule has 1 rings (SSSR count). The van der Waals surface area contributed by atoms with Crippen molar-refractivity contribution in [3.63, 3.8) is 0 Å². The molecule has 0 amide bonds. The molecule has 0 radical (unpaired) electrons. The van der Waals surface area contributed by atoms with E-state index in [1.54, 1.807) is 0 Å². The summed E-state index contributed by atoms with van der Waals surface area (Å²) in [6.07, 6.45) is 11.8. The van der Waals surface area contributed by atoms with Gasteiger partial charge in [0, 0.05) is 12.8 Å². The molecule has 0 aliphatic heterocycles. The molecule has 0 saturated heterocycles. The Morgan fingerprint density at radius 3 is 1.52 bits per heavy atom. The van der Waals surface area contributed by atoms with Gasteiger partial charge < -0.3 is 39.9 Å². The number of hydrogen-bond donors (Lipinski definition) is 6. The summed E-state index contributed by atoms with van der Waals surface area (Å²) in [7, 11) is -5.10. The minimum Gasteiger partial charge on any atom is -0.462 e. The molecule has 1 fully saturated rings. The third-order valence-corrected chi connectivity index (χ3v) is 9.84. The number of carbonyl (C=O) groups excluding carboxylic acids is 2. The molecule has 6 unspecified atom stereocenters. The topological polar surface area (TPSA) is 210 Å². The van der Waals surface area contributed by atoms with Crippen molar-refractivity contribution >= 4 is 19.8 Å². The van der Waals surface area contributed by atoms with Crippen molar-refractivity contribution < 1.29 is 63.1 Å². The molecule has 1 saturated carbocycles. The molecular weight excluding hydrogens is 671 g/mol. The van der Waals surface area contributed by atoms with Crippen LogP contribution in [-0.4, -0.2) is 98.3 Å². The molecular formula is C36H67O13P. The molecule has 8 atom stereocenters. The van der Waals surface area contributed by atoms with Gasteiger partial charge in [-0.3, -0.25) is 18.6 Å². The highest BCUT2D eigenvalue weighted by molar-refractivity contribution is 7.47. The van der Waals surface area contributed by atoms with Gasteiger partial charge in [-0.15, -0.1) is 0 Å². The Bertz CT molecular complexity index is 948. The molecule has 0 heterocycles. The smallest absolute Gasteiger partial charge is 0.462 e. The van der Waals surface area contributed by atoms with Gasteiger partial charge in [-0.05, 0) is 38.5 Å². The standard InChI is InChI=1S/C36H67O13P/c1-3-5-7-9-11-12-13-14-15-16-17-19-20-22-24-29(37)46-26-28(48-30(38)25-23-21-18-10-8-6-4-2)27-47-50(44,45)49-36-34(42)32(40)31(39)33(41)35(36)43/h13-14,28,31-36,39-43H,3-12,15-27H2,1-2H3,(H,44,45)/b14-13+/t28-,31?,32-,33?,34?,35?,36?/m0/s1. The number of aliphatic hydroxyl groups is 5. The van der Waals surface area contributed by atoms with Crippen molar-refractivity contribution in [2.45, 2.75) is 191 Å². The van der Waals surface area contributed by atoms with Crippen LogP contribution in [0.3, 0.4) is 0 Å². The zero-order valence-electron chi connectivity index (χ0n) is 30.4. The molecule has 50 heavy (non-hydrogen) atoms. The number of phosphoric acid groups is 1. The highest BCUT2D eigenvalue weighted by atomic mass is 31.2. The average Bonchev–Trinajstić information content (AvgIpc) is 3.09. The Kier molecular flexibility index (Phi) is 26.2. The molecule has 294 valence electrons. The Labute approximate surface area is 299 Å². The van der Waals surface area contributed by atoms with E-state index in [0.717, 1.165) is 70.6 Å². The van der Waals surface area contributed by atoms with Crippen molar-refractivity contribution in [1.82, 2.24) is 0 Å². The summed E-state index contributed by atoms with van der Waals surface area (Å²) in [4.78, 5) is 35.3. The lowest BCUT2D eigenvalue weighted by Gasteiger charge is -2.41. The van der Waals surface area contributed by atoms with Gasteiger partial charge in [0.2, 0.25) is 0 Å². The van der Waals surface area contributed by atoms with Crippen LogP contribution in [0.15, 0.2) is 12.2 Å². The molecule has 0 aromatic rings. The number of esters is 2. The van der Waals surface area contributed by atoms with Crippen LogP contribution in [-0.2, 0) is 32.7 Å². The van der Waals surface area contributed by atoms with E-state index in [1.807, 2.05) is 0 Å². The Morgan fingerprint density at radius 2 is 1.02 bits per heavy atom. The summed E-state index contributed by atoms with van der Waals surface area (Å²) in [5.74, 6) is -1.12. The number of hydrogen-bond acceptors (Lipinski definition) is 12. The van der Waals surface area contributed by atoms with E-state index in [-0.39, 0.29) is 12.8 Å². The van der Waals surface area contributed by atoms with Gasteiger partial charge >= 0.3 is 19.8 Å². The average molecular weight is 739 g/mol. The van der Waals surface area contributed by atoms with E-state index in [4.69, 9.17) is 18.5 Å². The molecule has 0 bridgehead atoms. The van der Waals surface area contributed by atoms with Crippen molar-refractivity contribution in [3.05, 3.63) is 12.2 Å². The van der Waals surface area contributed by atoms with Gasteiger partial charge in [-0.2, -0.15) is 0 Å². The van der Waals surface area contributed by atoms with Crippen molar-refractivity contribution in [3.8, 4) is 0 Å². The molecule has 0 spiro atoms. The normalized spacial score (nSPS) is 24.2. The van der Waals surface area contributed by atoms with E-state index in [9.17, 15) is 44.6 Å². The summed E-state index contributed by atoms with van der Waals surface area (Å²) < 4.78 is 33.2. The summed E-state index contributed by atoms with van der Waals surface area (Å²) in [6.45, 7) is 3.18. The third-order valence-electron chi connectivity index (χ3n) is 8.86. The number of aliphatic hydroxyl groups excluding tert-OH is 5. The highest BCUT2D eigenvalue weighted by Crippen LogP contribution is 2.47. The van der Waals surface area contributed by atoms with Crippen LogP contribution < -0.4 is 0 Å². The Morgan fingerprint density at radius 1 is 0.600 bits per heavy atom. The van der Waals surface area contributed by atoms with E-state index < -0.39 is 75.7 Å². The fraction of sp³-hybridized carbons (Fsp3) is 0.889. The fourth-order valence-electron chi connectivity index (χ4n) is 5.69. The van der Waals surface area contributed by atoms with Gasteiger partial charge in [0.1, 0.15) is 43.2 Å². The first-order valence-electron chi connectivity index (χ1n) is 19.0. The van der Waals surface area contributed by atoms with Gasteiger partial charge in [0.25, 0.3) is 0 Å². The summed E-state index contributed by atoms with van der Waals surface area (Å²) >= 11 is 0. The molecule has 1 aliphatic rings. The number of unbranched alkanes of at least 4 members (excludes halogenated alkanes) is 16. The van der Waals surface area contributed by atoms with E-state index in [1.165, 1.54) is 38.5 Å². The molecule has 6 N–H and O–H groups in total. The van der Waals surface area contributed by atoms with Crippen LogP contribution >= 0.6 is 7.82 Å². The van der Waals surface area contributed by atoms with Crippen LogP contribution in [0.2, 0.25) is 0 Å². The Hall–Kier alpha value is -1.41. The van der Waals surface area contributed by atoms with Crippen molar-refractivity contribution in [2.24, 2.45) is 0 Å². The van der Waals surface area contributed by atoms with Crippen LogP contribution in [0.5, 0.6) is 0 Å². The van der Waals surface area contributed by atoms with E-state index in [2.05, 4.69) is 26.0 Å². The number of ether oxygens (including phenoxy) is 2. The van der Waals surface area contributed by atoms with Crippen LogP contribution in [0.1, 0.15) is 149 Å². The predicted octanol–water partition coefficient (Wildman–Crippen LogP) is 5.55. The van der Waals surface area contributed by atoms with E-state index >= 15 is 0 Å². The second-order valence-electron chi connectivity index (χ2n) is 13.4. The van der Waals surface area contributed by atoms with Crippen LogP contribution in [0, 0.1) is 0 Å². The van der Waals surface area contributed by atoms with Crippen molar-refractivity contribution in [2.75, 3.05) is 13.2 Å².